The molecule has 0 fully saturated rings. The van der Waals surface area contributed by atoms with E-state index in [1.807, 2.05) is 89.2 Å². The summed E-state index contributed by atoms with van der Waals surface area (Å²) in [5, 5.41) is 3.42. The number of nitrogens with one attached hydrogen (secondary N) is 1. The molecular formula is C36H39Cl2N3O4S. The molecule has 2 amide bonds. The van der Waals surface area contributed by atoms with Crippen molar-refractivity contribution in [2.24, 2.45) is 0 Å². The first-order valence-electron chi connectivity index (χ1n) is 14.9. The standard InChI is InChI=1S/C36H39Cl2N3O4S/c1-25-14-17-30(18-15-25)46(44,45)41(29-16-19-31(37)32(38)22-29)24-34(42)40(23-28-13-9-10-26(2)20-28)33(35(43)39-36(3,4)5)21-27-11-7-6-8-12-27/h6-20,22,33H,21,23-24H2,1-5H3,(H,39,43)/t33-/m1/s1. The molecule has 4 aromatic rings. The number of hydrogen-bond acceptors (Lipinski definition) is 4. The van der Waals surface area contributed by atoms with Crippen molar-refractivity contribution in [1.82, 2.24) is 10.2 Å². The van der Waals surface area contributed by atoms with Crippen molar-refractivity contribution in [1.29, 1.82) is 0 Å². The van der Waals surface area contributed by atoms with Crippen LogP contribution in [0, 0.1) is 13.8 Å². The number of amides is 2. The number of aryl methyl sites for hydroxylation is 2. The Bertz CT molecular complexity index is 1790. The molecule has 0 spiro atoms. The maximum atomic E-state index is 14.6. The predicted molar refractivity (Wildman–Crippen MR) is 186 cm³/mol. The molecule has 10 heteroatoms. The van der Waals surface area contributed by atoms with Crippen molar-refractivity contribution in [3.05, 3.63) is 129 Å². The van der Waals surface area contributed by atoms with Crippen molar-refractivity contribution in [2.45, 2.75) is 64.1 Å². The molecule has 4 rings (SSSR count). The third-order valence-corrected chi connectivity index (χ3v) is 9.81. The molecule has 0 unspecified atom stereocenters. The number of carbonyl (C=O) groups excluding carboxylic acids is 2. The average molecular weight is 681 g/mol. The van der Waals surface area contributed by atoms with E-state index < -0.39 is 34.1 Å². The molecule has 242 valence electrons. The van der Waals surface area contributed by atoms with Crippen LogP contribution in [0.2, 0.25) is 10.0 Å². The Balaban J connectivity index is 1.84. The number of nitrogens with zero attached hydrogens (tertiary/aromatic N) is 2. The van der Waals surface area contributed by atoms with E-state index in [9.17, 15) is 18.0 Å². The maximum Gasteiger partial charge on any atom is 0.264 e. The Morgan fingerprint density at radius 1 is 0.783 bits per heavy atom. The van der Waals surface area contributed by atoms with Crippen molar-refractivity contribution in [3.63, 3.8) is 0 Å². The van der Waals surface area contributed by atoms with Gasteiger partial charge in [-0.15, -0.1) is 0 Å². The molecule has 0 radical (unpaired) electrons. The Morgan fingerprint density at radius 2 is 1.43 bits per heavy atom. The van der Waals surface area contributed by atoms with Gasteiger partial charge in [-0.05, 0) is 76.1 Å². The van der Waals surface area contributed by atoms with Crippen LogP contribution in [0.5, 0.6) is 0 Å². The van der Waals surface area contributed by atoms with E-state index in [0.29, 0.717) is 0 Å². The van der Waals surface area contributed by atoms with Gasteiger partial charge in [0.1, 0.15) is 12.6 Å². The zero-order chi connectivity index (χ0) is 33.6. The summed E-state index contributed by atoms with van der Waals surface area (Å²) in [6.07, 6.45) is 0.220. The van der Waals surface area contributed by atoms with Crippen LogP contribution < -0.4 is 9.62 Å². The first-order chi connectivity index (χ1) is 21.6. The van der Waals surface area contributed by atoms with Gasteiger partial charge in [0.05, 0.1) is 20.6 Å². The number of sulfonamides is 1. The molecule has 46 heavy (non-hydrogen) atoms. The van der Waals surface area contributed by atoms with Crippen LogP contribution in [-0.4, -0.2) is 43.3 Å². The lowest BCUT2D eigenvalue weighted by Gasteiger charge is -2.35. The van der Waals surface area contributed by atoms with Crippen LogP contribution in [0.25, 0.3) is 0 Å². The lowest BCUT2D eigenvalue weighted by Crippen LogP contribution is -2.56. The minimum absolute atomic E-state index is 0.00789. The molecule has 0 saturated carbocycles. The van der Waals surface area contributed by atoms with E-state index >= 15 is 0 Å². The first-order valence-corrected chi connectivity index (χ1v) is 17.1. The van der Waals surface area contributed by atoms with E-state index in [1.54, 1.807) is 12.1 Å². The fourth-order valence-corrected chi connectivity index (χ4v) is 6.72. The topological polar surface area (TPSA) is 86.8 Å². The van der Waals surface area contributed by atoms with Gasteiger partial charge in [0, 0.05) is 18.5 Å². The second kappa shape index (κ2) is 14.7. The predicted octanol–water partition coefficient (Wildman–Crippen LogP) is 7.36. The molecule has 0 aliphatic carbocycles. The zero-order valence-corrected chi connectivity index (χ0v) is 29.0. The van der Waals surface area contributed by atoms with Crippen molar-refractivity contribution < 1.29 is 18.0 Å². The summed E-state index contributed by atoms with van der Waals surface area (Å²) in [6, 6.07) is 26.9. The molecule has 4 aromatic carbocycles. The van der Waals surface area contributed by atoms with Crippen molar-refractivity contribution in [2.75, 3.05) is 10.8 Å². The second-order valence-corrected chi connectivity index (χ2v) is 15.1. The molecule has 0 heterocycles. The van der Waals surface area contributed by atoms with Crippen LogP contribution in [0.4, 0.5) is 5.69 Å². The Labute approximate surface area is 282 Å². The van der Waals surface area contributed by atoms with Gasteiger partial charge in [-0.3, -0.25) is 13.9 Å². The van der Waals surface area contributed by atoms with E-state index in [-0.39, 0.29) is 39.5 Å². The van der Waals surface area contributed by atoms with Gasteiger partial charge in [0.25, 0.3) is 10.0 Å². The third kappa shape index (κ3) is 9.12. The first kappa shape index (κ1) is 35.0. The van der Waals surface area contributed by atoms with E-state index in [2.05, 4.69) is 5.32 Å². The normalized spacial score (nSPS) is 12.3. The monoisotopic (exact) mass is 679 g/mol. The van der Waals surface area contributed by atoms with Gasteiger partial charge < -0.3 is 10.2 Å². The van der Waals surface area contributed by atoms with E-state index in [4.69, 9.17) is 23.2 Å². The molecule has 0 aliphatic heterocycles. The van der Waals surface area contributed by atoms with Gasteiger partial charge in [-0.2, -0.15) is 0 Å². The summed E-state index contributed by atoms with van der Waals surface area (Å²) < 4.78 is 29.4. The van der Waals surface area contributed by atoms with Gasteiger partial charge in [0.2, 0.25) is 11.8 Å². The number of benzene rings is 4. The summed E-state index contributed by atoms with van der Waals surface area (Å²) in [5.74, 6) is -0.909. The molecular weight excluding hydrogens is 641 g/mol. The zero-order valence-electron chi connectivity index (χ0n) is 26.6. The largest absolute Gasteiger partial charge is 0.350 e. The minimum atomic E-state index is -4.26. The van der Waals surface area contributed by atoms with Gasteiger partial charge >= 0.3 is 0 Å². The Kier molecular flexibility index (Phi) is 11.2. The maximum absolute atomic E-state index is 14.6. The van der Waals surface area contributed by atoms with Gasteiger partial charge in [-0.25, -0.2) is 8.42 Å². The molecule has 7 nitrogen and oxygen atoms in total. The number of carbonyl (C=O) groups is 2. The highest BCUT2D eigenvalue weighted by Crippen LogP contribution is 2.31. The SMILES string of the molecule is Cc1ccc(S(=O)(=O)N(CC(=O)N(Cc2cccc(C)c2)[C@H](Cc2ccccc2)C(=O)NC(C)(C)C)c2ccc(Cl)c(Cl)c2)cc1. The lowest BCUT2D eigenvalue weighted by atomic mass is 10.0. The van der Waals surface area contributed by atoms with Crippen LogP contribution in [-0.2, 0) is 32.6 Å². The van der Waals surface area contributed by atoms with E-state index in [0.717, 1.165) is 26.6 Å². The summed E-state index contributed by atoms with van der Waals surface area (Å²) in [4.78, 5) is 30.0. The Hall–Kier alpha value is -3.85. The molecule has 1 N–H and O–H groups in total. The minimum Gasteiger partial charge on any atom is -0.350 e. The van der Waals surface area contributed by atoms with Crippen molar-refractivity contribution in [3.8, 4) is 0 Å². The fraction of sp³-hybridized carbons (Fsp3) is 0.278. The highest BCUT2D eigenvalue weighted by molar-refractivity contribution is 7.92. The summed E-state index contributed by atoms with van der Waals surface area (Å²) in [6.45, 7) is 8.91. The molecule has 0 bridgehead atoms. The Morgan fingerprint density at radius 3 is 2.04 bits per heavy atom. The van der Waals surface area contributed by atoms with E-state index in [1.165, 1.54) is 35.2 Å². The molecule has 0 saturated heterocycles. The summed E-state index contributed by atoms with van der Waals surface area (Å²) in [5.41, 5.74) is 3.12. The highest BCUT2D eigenvalue weighted by Gasteiger charge is 2.35. The highest BCUT2D eigenvalue weighted by atomic mass is 35.5. The number of anilines is 1. The van der Waals surface area contributed by atoms with Gasteiger partial charge in [-0.1, -0.05) is 101 Å². The van der Waals surface area contributed by atoms with Crippen LogP contribution in [0.15, 0.2) is 102 Å². The van der Waals surface area contributed by atoms with Crippen LogP contribution in [0.1, 0.15) is 43.0 Å². The van der Waals surface area contributed by atoms with Crippen LogP contribution >= 0.6 is 23.2 Å². The molecule has 0 aliphatic rings. The number of rotatable bonds is 11. The summed E-state index contributed by atoms with van der Waals surface area (Å²) >= 11 is 12.5. The lowest BCUT2D eigenvalue weighted by molar-refractivity contribution is -0.140. The molecule has 1 atom stereocenters. The number of halogens is 2. The third-order valence-electron chi connectivity index (χ3n) is 7.28. The van der Waals surface area contributed by atoms with Gasteiger partial charge in [0.15, 0.2) is 0 Å². The average Bonchev–Trinajstić information content (AvgIpc) is 2.99. The van der Waals surface area contributed by atoms with Crippen LogP contribution in [0.3, 0.4) is 0 Å². The van der Waals surface area contributed by atoms with Crippen molar-refractivity contribution >= 4 is 50.7 Å². The quantitative estimate of drug-likeness (QED) is 0.179. The second-order valence-electron chi connectivity index (χ2n) is 12.4. The number of hydrogen-bond donors (Lipinski definition) is 1. The molecule has 0 aromatic heterocycles. The summed E-state index contributed by atoms with van der Waals surface area (Å²) in [7, 11) is -4.26. The smallest absolute Gasteiger partial charge is 0.264 e. The fourth-order valence-electron chi connectivity index (χ4n) is 5.02.